The Balaban J connectivity index is 2.23. The fourth-order valence-electron chi connectivity index (χ4n) is 0.861. The molecule has 0 spiro atoms. The molecule has 0 amide bonds. The highest BCUT2D eigenvalue weighted by atomic mass is 32.2. The quantitative estimate of drug-likeness (QED) is 0.612. The molecule has 0 fully saturated rings. The fraction of sp³-hybridized carbons (Fsp3) is 0.714. The Labute approximate surface area is 97.4 Å². The van der Waals surface area contributed by atoms with Gasteiger partial charge in [0.15, 0.2) is 4.34 Å². The van der Waals surface area contributed by atoms with Crippen molar-refractivity contribution in [3.05, 3.63) is 0 Å². The van der Waals surface area contributed by atoms with Crippen LogP contribution in [-0.4, -0.2) is 35.9 Å². The zero-order valence-corrected chi connectivity index (χ0v) is 10.8. The number of aromatic nitrogens is 2. The first kappa shape index (κ1) is 12.7. The molecule has 15 heavy (non-hydrogen) atoms. The number of hydrogen-bond donors (Lipinski definition) is 1. The van der Waals surface area contributed by atoms with E-state index in [1.165, 1.54) is 23.1 Å². The van der Waals surface area contributed by atoms with Crippen LogP contribution in [0.2, 0.25) is 0 Å². The van der Waals surface area contributed by atoms with Gasteiger partial charge in [-0.05, 0) is 6.42 Å². The van der Waals surface area contributed by atoms with Gasteiger partial charge in [0, 0.05) is 11.5 Å². The summed E-state index contributed by atoms with van der Waals surface area (Å²) in [5.41, 5.74) is 5.41. The minimum Gasteiger partial charge on any atom is -0.374 e. The molecule has 0 radical (unpaired) electrons. The number of nitrogen functional groups attached to an aromatic ring is 1. The van der Waals surface area contributed by atoms with Gasteiger partial charge in [0.05, 0.1) is 5.75 Å². The van der Waals surface area contributed by atoms with E-state index in [0.717, 1.165) is 10.1 Å². The number of thioether (sulfide) groups is 1. The van der Waals surface area contributed by atoms with Gasteiger partial charge in [0.1, 0.15) is 9.84 Å². The lowest BCUT2D eigenvalue weighted by atomic mass is 10.6. The number of hydrogen-bond acceptors (Lipinski definition) is 7. The van der Waals surface area contributed by atoms with Crippen LogP contribution in [0.15, 0.2) is 4.34 Å². The van der Waals surface area contributed by atoms with Crippen LogP contribution in [0.1, 0.15) is 13.3 Å². The molecule has 0 saturated heterocycles. The van der Waals surface area contributed by atoms with Gasteiger partial charge in [0.2, 0.25) is 5.13 Å². The van der Waals surface area contributed by atoms with Crippen LogP contribution in [0.3, 0.4) is 0 Å². The molecule has 1 aromatic rings. The van der Waals surface area contributed by atoms with Crippen molar-refractivity contribution in [1.82, 2.24) is 10.2 Å². The van der Waals surface area contributed by atoms with Gasteiger partial charge in [0.25, 0.3) is 0 Å². The normalized spacial score (nSPS) is 11.8. The molecule has 0 aromatic carbocycles. The second-order valence-electron chi connectivity index (χ2n) is 2.84. The number of sulfone groups is 1. The van der Waals surface area contributed by atoms with E-state index in [0.29, 0.717) is 11.6 Å². The summed E-state index contributed by atoms with van der Waals surface area (Å²) < 4.78 is 23.1. The van der Waals surface area contributed by atoms with Crippen molar-refractivity contribution in [1.29, 1.82) is 0 Å². The lowest BCUT2D eigenvalue weighted by molar-refractivity contribution is 0.596. The number of nitrogens with two attached hydrogens (primary N) is 1. The SMILES string of the molecule is CCS(=O)(=O)CCCSc1nnc(N)s1. The van der Waals surface area contributed by atoms with Gasteiger partial charge in [-0.2, -0.15) is 0 Å². The summed E-state index contributed by atoms with van der Waals surface area (Å²) in [5, 5.41) is 7.94. The molecule has 86 valence electrons. The summed E-state index contributed by atoms with van der Waals surface area (Å²) in [6, 6.07) is 0. The Morgan fingerprint density at radius 2 is 2.20 bits per heavy atom. The van der Waals surface area contributed by atoms with E-state index in [-0.39, 0.29) is 11.5 Å². The molecule has 0 bridgehead atoms. The second kappa shape index (κ2) is 5.66. The lowest BCUT2D eigenvalue weighted by Gasteiger charge is -1.99. The molecule has 1 heterocycles. The molecule has 8 heteroatoms. The van der Waals surface area contributed by atoms with E-state index in [2.05, 4.69) is 10.2 Å². The second-order valence-corrected chi connectivity index (χ2v) is 7.67. The topological polar surface area (TPSA) is 85.9 Å². The molecule has 0 unspecified atom stereocenters. The van der Waals surface area contributed by atoms with Crippen molar-refractivity contribution in [2.45, 2.75) is 17.7 Å². The average molecular weight is 267 g/mol. The Morgan fingerprint density at radius 3 is 2.73 bits per heavy atom. The first-order chi connectivity index (χ1) is 7.03. The molecule has 5 nitrogen and oxygen atoms in total. The van der Waals surface area contributed by atoms with Crippen molar-refractivity contribution < 1.29 is 8.42 Å². The number of nitrogens with zero attached hydrogens (tertiary/aromatic N) is 2. The predicted octanol–water partition coefficient (Wildman–Crippen LogP) is 1.04. The Hall–Kier alpha value is -0.340. The molecule has 0 aliphatic heterocycles. The highest BCUT2D eigenvalue weighted by Gasteiger charge is 2.07. The maximum atomic E-state index is 11.2. The highest BCUT2D eigenvalue weighted by Crippen LogP contribution is 2.23. The Morgan fingerprint density at radius 1 is 1.47 bits per heavy atom. The van der Waals surface area contributed by atoms with Crippen molar-refractivity contribution in [2.75, 3.05) is 23.0 Å². The summed E-state index contributed by atoms with van der Waals surface area (Å²) in [6.45, 7) is 1.66. The highest BCUT2D eigenvalue weighted by molar-refractivity contribution is 8.01. The molecule has 0 saturated carbocycles. The monoisotopic (exact) mass is 267 g/mol. The third kappa shape index (κ3) is 4.80. The van der Waals surface area contributed by atoms with Crippen LogP contribution in [0.4, 0.5) is 5.13 Å². The lowest BCUT2D eigenvalue weighted by Crippen LogP contribution is -2.09. The molecule has 0 aliphatic rings. The molecular formula is C7H13N3O2S3. The van der Waals surface area contributed by atoms with Gasteiger partial charge in [-0.3, -0.25) is 0 Å². The van der Waals surface area contributed by atoms with Crippen LogP contribution in [-0.2, 0) is 9.84 Å². The predicted molar refractivity (Wildman–Crippen MR) is 64.0 cm³/mol. The van der Waals surface area contributed by atoms with Gasteiger partial charge < -0.3 is 5.73 Å². The van der Waals surface area contributed by atoms with Crippen LogP contribution in [0.5, 0.6) is 0 Å². The van der Waals surface area contributed by atoms with Gasteiger partial charge >= 0.3 is 0 Å². The largest absolute Gasteiger partial charge is 0.374 e. The van der Waals surface area contributed by atoms with Crippen molar-refractivity contribution in [3.63, 3.8) is 0 Å². The van der Waals surface area contributed by atoms with Crippen molar-refractivity contribution in [3.8, 4) is 0 Å². The van der Waals surface area contributed by atoms with E-state index < -0.39 is 9.84 Å². The summed E-state index contributed by atoms with van der Waals surface area (Å²) in [4.78, 5) is 0. The summed E-state index contributed by atoms with van der Waals surface area (Å²) in [7, 11) is -2.84. The van der Waals surface area contributed by atoms with Gasteiger partial charge in [-0.25, -0.2) is 8.42 Å². The smallest absolute Gasteiger partial charge is 0.203 e. The van der Waals surface area contributed by atoms with E-state index >= 15 is 0 Å². The first-order valence-electron chi connectivity index (χ1n) is 4.45. The maximum Gasteiger partial charge on any atom is 0.203 e. The van der Waals surface area contributed by atoms with Crippen LogP contribution < -0.4 is 5.73 Å². The van der Waals surface area contributed by atoms with E-state index in [4.69, 9.17) is 5.73 Å². The molecule has 1 aromatic heterocycles. The molecule has 1 rings (SSSR count). The molecular weight excluding hydrogens is 254 g/mol. The zero-order chi connectivity index (χ0) is 11.3. The van der Waals surface area contributed by atoms with Crippen LogP contribution in [0, 0.1) is 0 Å². The minimum absolute atomic E-state index is 0.212. The minimum atomic E-state index is -2.84. The Kier molecular flexibility index (Phi) is 4.81. The third-order valence-electron chi connectivity index (χ3n) is 1.69. The van der Waals surface area contributed by atoms with Crippen LogP contribution in [0.25, 0.3) is 0 Å². The van der Waals surface area contributed by atoms with Crippen LogP contribution >= 0.6 is 23.1 Å². The molecule has 2 N–H and O–H groups in total. The third-order valence-corrected chi connectivity index (χ3v) is 5.45. The summed E-state index contributed by atoms with van der Waals surface area (Å²) >= 11 is 2.81. The van der Waals surface area contributed by atoms with Gasteiger partial charge in [-0.15, -0.1) is 10.2 Å². The number of rotatable bonds is 6. The summed E-state index contributed by atoms with van der Waals surface area (Å²) in [5.74, 6) is 1.18. The van der Waals surface area contributed by atoms with Crippen molar-refractivity contribution >= 4 is 38.1 Å². The first-order valence-corrected chi connectivity index (χ1v) is 8.08. The summed E-state index contributed by atoms with van der Waals surface area (Å²) in [6.07, 6.45) is 0.639. The molecule has 0 atom stereocenters. The molecule has 0 aliphatic carbocycles. The fourth-order valence-corrected chi connectivity index (χ4v) is 3.56. The van der Waals surface area contributed by atoms with E-state index in [9.17, 15) is 8.42 Å². The zero-order valence-electron chi connectivity index (χ0n) is 8.34. The van der Waals surface area contributed by atoms with E-state index in [1.54, 1.807) is 6.92 Å². The van der Waals surface area contributed by atoms with Gasteiger partial charge in [-0.1, -0.05) is 30.0 Å². The van der Waals surface area contributed by atoms with E-state index in [1.807, 2.05) is 0 Å². The Bertz CT molecular complexity index is 401. The number of anilines is 1. The maximum absolute atomic E-state index is 11.2. The average Bonchev–Trinajstić information content (AvgIpc) is 2.59. The van der Waals surface area contributed by atoms with Crippen molar-refractivity contribution in [2.24, 2.45) is 0 Å². The standard InChI is InChI=1S/C7H13N3O2S3/c1-2-15(11,12)5-3-4-13-7-10-9-6(8)14-7/h2-5H2,1H3,(H2,8,9).